The predicted molar refractivity (Wildman–Crippen MR) is 78.2 cm³/mol. The van der Waals surface area contributed by atoms with Crippen LogP contribution in [0, 0.1) is 19.3 Å². The van der Waals surface area contributed by atoms with E-state index in [1.165, 1.54) is 0 Å². The third kappa shape index (κ3) is 4.05. The van der Waals surface area contributed by atoms with E-state index in [1.54, 1.807) is 19.1 Å². The molecule has 0 saturated heterocycles. The number of nitrogens with one attached hydrogen (secondary N) is 2. The number of anilines is 1. The lowest BCUT2D eigenvalue weighted by Crippen LogP contribution is -2.42. The Bertz CT molecular complexity index is 582. The summed E-state index contributed by atoms with van der Waals surface area (Å²) in [5.41, 5.74) is 0.945. The fraction of sp³-hybridized carbons (Fsp3) is 0.231. The summed E-state index contributed by atoms with van der Waals surface area (Å²) >= 11 is 12.0. The molecule has 0 aliphatic carbocycles. The maximum absolute atomic E-state index is 11.7. The zero-order valence-electron chi connectivity index (χ0n) is 10.5. The standard InChI is InChI=1S/C13H12Cl2N2O3/c1-3-4-9(12(18)19)16-13(20)17-11-8(14)6-5-7(2)10(11)15/h1,5-6,9H,4H2,2H3,(H,18,19)(H2,16,17,20). The topological polar surface area (TPSA) is 78.4 Å². The summed E-state index contributed by atoms with van der Waals surface area (Å²) < 4.78 is 0. The Kier molecular flexibility index (Phi) is 5.68. The highest BCUT2D eigenvalue weighted by molar-refractivity contribution is 6.40. The lowest BCUT2D eigenvalue weighted by Gasteiger charge is -2.15. The van der Waals surface area contributed by atoms with Gasteiger partial charge in [0, 0.05) is 6.42 Å². The van der Waals surface area contributed by atoms with Gasteiger partial charge in [-0.05, 0) is 18.6 Å². The van der Waals surface area contributed by atoms with E-state index in [0.717, 1.165) is 5.56 Å². The maximum Gasteiger partial charge on any atom is 0.327 e. The third-order valence-corrected chi connectivity index (χ3v) is 3.25. The van der Waals surface area contributed by atoms with Crippen LogP contribution < -0.4 is 10.6 Å². The molecule has 7 heteroatoms. The van der Waals surface area contributed by atoms with Gasteiger partial charge in [0.1, 0.15) is 6.04 Å². The minimum atomic E-state index is -1.22. The Morgan fingerprint density at radius 2 is 2.10 bits per heavy atom. The molecule has 1 atom stereocenters. The number of rotatable bonds is 4. The molecule has 1 rings (SSSR count). The molecule has 5 nitrogen and oxygen atoms in total. The highest BCUT2D eigenvalue weighted by atomic mass is 35.5. The lowest BCUT2D eigenvalue weighted by atomic mass is 10.2. The van der Waals surface area contributed by atoms with Gasteiger partial charge in [-0.2, -0.15) is 0 Å². The first-order valence-electron chi connectivity index (χ1n) is 5.55. The Morgan fingerprint density at radius 3 is 2.65 bits per heavy atom. The van der Waals surface area contributed by atoms with Crippen molar-refractivity contribution >= 4 is 40.9 Å². The average Bonchev–Trinajstić information content (AvgIpc) is 2.38. The van der Waals surface area contributed by atoms with Crippen LogP contribution in [0.3, 0.4) is 0 Å². The fourth-order valence-corrected chi connectivity index (χ4v) is 1.86. The summed E-state index contributed by atoms with van der Waals surface area (Å²) in [5.74, 6) is 0.952. The molecule has 0 spiro atoms. The Morgan fingerprint density at radius 1 is 1.45 bits per heavy atom. The molecule has 0 heterocycles. The highest BCUT2D eigenvalue weighted by Crippen LogP contribution is 2.32. The molecule has 1 unspecified atom stereocenters. The largest absolute Gasteiger partial charge is 0.480 e. The van der Waals surface area contributed by atoms with E-state index >= 15 is 0 Å². The minimum absolute atomic E-state index is 0.127. The van der Waals surface area contributed by atoms with E-state index < -0.39 is 18.0 Å². The molecular weight excluding hydrogens is 303 g/mol. The molecule has 0 aromatic heterocycles. The van der Waals surface area contributed by atoms with Gasteiger partial charge in [0.25, 0.3) is 0 Å². The summed E-state index contributed by atoms with van der Waals surface area (Å²) in [7, 11) is 0. The van der Waals surface area contributed by atoms with E-state index in [0.29, 0.717) is 0 Å². The van der Waals surface area contributed by atoms with Crippen molar-refractivity contribution < 1.29 is 14.7 Å². The number of amides is 2. The Hall–Kier alpha value is -1.90. The zero-order valence-corrected chi connectivity index (χ0v) is 12.0. The van der Waals surface area contributed by atoms with Crippen molar-refractivity contribution in [1.82, 2.24) is 5.32 Å². The van der Waals surface area contributed by atoms with E-state index in [9.17, 15) is 9.59 Å². The Balaban J connectivity index is 2.84. The number of carbonyl (C=O) groups is 2. The van der Waals surface area contributed by atoms with Crippen molar-refractivity contribution in [3.8, 4) is 12.3 Å². The average molecular weight is 315 g/mol. The van der Waals surface area contributed by atoms with Crippen molar-refractivity contribution in [3.63, 3.8) is 0 Å². The number of hydrogen-bond acceptors (Lipinski definition) is 2. The molecule has 0 aliphatic heterocycles. The summed E-state index contributed by atoms with van der Waals surface area (Å²) in [6, 6.07) is 1.35. The quantitative estimate of drug-likeness (QED) is 0.748. The smallest absolute Gasteiger partial charge is 0.327 e. The van der Waals surface area contributed by atoms with Crippen LogP contribution in [0.5, 0.6) is 0 Å². The molecule has 106 valence electrons. The molecule has 0 saturated carbocycles. The van der Waals surface area contributed by atoms with Crippen molar-refractivity contribution in [3.05, 3.63) is 27.7 Å². The van der Waals surface area contributed by atoms with Crippen LogP contribution in [0.15, 0.2) is 12.1 Å². The first-order valence-corrected chi connectivity index (χ1v) is 6.30. The molecule has 3 N–H and O–H groups in total. The molecule has 1 aromatic carbocycles. The van der Waals surface area contributed by atoms with Crippen LogP contribution in [0.1, 0.15) is 12.0 Å². The number of aliphatic carboxylic acids is 1. The van der Waals surface area contributed by atoms with Crippen LogP contribution in [-0.2, 0) is 4.79 Å². The van der Waals surface area contributed by atoms with Crippen molar-refractivity contribution in [2.45, 2.75) is 19.4 Å². The number of carboxylic acids is 1. The van der Waals surface area contributed by atoms with Gasteiger partial charge in [-0.1, -0.05) is 29.3 Å². The fourth-order valence-electron chi connectivity index (χ4n) is 1.40. The van der Waals surface area contributed by atoms with Crippen molar-refractivity contribution in [2.24, 2.45) is 0 Å². The van der Waals surface area contributed by atoms with Crippen molar-refractivity contribution in [2.75, 3.05) is 5.32 Å². The van der Waals surface area contributed by atoms with Crippen molar-refractivity contribution in [1.29, 1.82) is 0 Å². The zero-order chi connectivity index (χ0) is 15.3. The number of halogens is 2. The van der Waals surface area contributed by atoms with Gasteiger partial charge >= 0.3 is 12.0 Å². The van der Waals surface area contributed by atoms with Crippen LogP contribution >= 0.6 is 23.2 Å². The minimum Gasteiger partial charge on any atom is -0.480 e. The van der Waals surface area contributed by atoms with Crippen LogP contribution in [0.2, 0.25) is 10.0 Å². The monoisotopic (exact) mass is 314 g/mol. The van der Waals surface area contributed by atoms with Gasteiger partial charge < -0.3 is 15.7 Å². The van der Waals surface area contributed by atoms with Crippen LogP contribution in [0.4, 0.5) is 10.5 Å². The van der Waals surface area contributed by atoms with E-state index in [2.05, 4.69) is 16.6 Å². The summed E-state index contributed by atoms with van der Waals surface area (Å²) in [6.07, 6.45) is 4.91. The van der Waals surface area contributed by atoms with Gasteiger partial charge in [0.05, 0.1) is 15.7 Å². The number of benzene rings is 1. The number of urea groups is 1. The Labute approximate surface area is 126 Å². The SMILES string of the molecule is C#CCC(NC(=O)Nc1c(Cl)ccc(C)c1Cl)C(=O)O. The second-order valence-electron chi connectivity index (χ2n) is 3.95. The number of carbonyl (C=O) groups excluding carboxylic acids is 1. The number of terminal acetylenes is 1. The molecular formula is C13H12Cl2N2O3. The van der Waals surface area contributed by atoms with Crippen LogP contribution in [-0.4, -0.2) is 23.1 Å². The summed E-state index contributed by atoms with van der Waals surface area (Å²) in [5, 5.41) is 14.1. The first-order chi connectivity index (χ1) is 9.36. The van der Waals surface area contributed by atoms with Gasteiger partial charge in [-0.3, -0.25) is 0 Å². The predicted octanol–water partition coefficient (Wildman–Crippen LogP) is 2.90. The molecule has 2 amide bonds. The van der Waals surface area contributed by atoms with Gasteiger partial charge in [0.15, 0.2) is 0 Å². The number of aryl methyl sites for hydroxylation is 1. The third-order valence-electron chi connectivity index (χ3n) is 2.45. The van der Waals surface area contributed by atoms with Gasteiger partial charge in [-0.25, -0.2) is 9.59 Å². The molecule has 1 aromatic rings. The molecule has 0 radical (unpaired) electrons. The molecule has 20 heavy (non-hydrogen) atoms. The maximum atomic E-state index is 11.7. The van der Waals surface area contributed by atoms with E-state index in [1.807, 2.05) is 0 Å². The van der Waals surface area contributed by atoms with Gasteiger partial charge in [0.2, 0.25) is 0 Å². The molecule has 0 aliphatic rings. The lowest BCUT2D eigenvalue weighted by molar-refractivity contribution is -0.139. The van der Waals surface area contributed by atoms with Gasteiger partial charge in [-0.15, -0.1) is 12.3 Å². The van der Waals surface area contributed by atoms with E-state index in [-0.39, 0.29) is 22.2 Å². The molecule has 0 fully saturated rings. The second kappa shape index (κ2) is 7.04. The number of hydrogen-bond donors (Lipinski definition) is 3. The first kappa shape index (κ1) is 16.2. The second-order valence-corrected chi connectivity index (χ2v) is 4.74. The van der Waals surface area contributed by atoms with E-state index in [4.69, 9.17) is 34.7 Å². The summed E-state index contributed by atoms with van der Waals surface area (Å²) in [6.45, 7) is 1.75. The number of carboxylic acid groups (broad SMARTS) is 1. The van der Waals surface area contributed by atoms with Crippen LogP contribution in [0.25, 0.3) is 0 Å². The summed E-state index contributed by atoms with van der Waals surface area (Å²) in [4.78, 5) is 22.6. The molecule has 0 bridgehead atoms. The highest BCUT2D eigenvalue weighted by Gasteiger charge is 2.20. The normalized spacial score (nSPS) is 11.3.